The molecule has 1 amide bonds. The number of amides is 1. The molecular formula is C24H47NO3. The Labute approximate surface area is 174 Å². The molecule has 0 aliphatic heterocycles. The number of aliphatic hydroxyl groups excluding tert-OH is 2. The van der Waals surface area contributed by atoms with Gasteiger partial charge in [0.2, 0.25) is 5.91 Å². The lowest BCUT2D eigenvalue weighted by molar-refractivity contribution is -0.134. The molecule has 0 aromatic rings. The van der Waals surface area contributed by atoms with Crippen LogP contribution in [0.15, 0.2) is 12.2 Å². The van der Waals surface area contributed by atoms with Gasteiger partial charge in [-0.1, -0.05) is 70.4 Å². The number of aliphatic hydroxyl groups is 2. The Bertz CT molecular complexity index is 370. The highest BCUT2D eigenvalue weighted by molar-refractivity contribution is 5.76. The molecule has 0 heterocycles. The van der Waals surface area contributed by atoms with Crippen LogP contribution in [-0.2, 0) is 4.79 Å². The van der Waals surface area contributed by atoms with Crippen LogP contribution in [0, 0.1) is 0 Å². The Balaban J connectivity index is 3.57. The molecule has 0 aliphatic rings. The van der Waals surface area contributed by atoms with Gasteiger partial charge in [0.1, 0.15) is 0 Å². The van der Waals surface area contributed by atoms with Crippen molar-refractivity contribution in [2.45, 2.75) is 123 Å². The standard InChI is InChI=1S/C24H47NO3/c1-4-5-6-7-8-9-10-11-12-13-14-15-16-17-18-19-24(28)25(20-22(2)26)21-23(3)27/h11-12,22-23,26-27H,4-10,13-21H2,1-3H3. The van der Waals surface area contributed by atoms with Crippen LogP contribution in [0.4, 0.5) is 0 Å². The fourth-order valence-corrected chi connectivity index (χ4v) is 3.42. The van der Waals surface area contributed by atoms with Gasteiger partial charge in [-0.3, -0.25) is 4.79 Å². The van der Waals surface area contributed by atoms with E-state index >= 15 is 0 Å². The lowest BCUT2D eigenvalue weighted by atomic mass is 10.1. The molecule has 0 aliphatic carbocycles. The Morgan fingerprint density at radius 3 is 1.64 bits per heavy atom. The Morgan fingerprint density at radius 2 is 1.18 bits per heavy atom. The molecule has 0 aromatic carbocycles. The van der Waals surface area contributed by atoms with Crippen LogP contribution in [0.5, 0.6) is 0 Å². The van der Waals surface area contributed by atoms with Crippen LogP contribution >= 0.6 is 0 Å². The predicted molar refractivity (Wildman–Crippen MR) is 119 cm³/mol. The Kier molecular flexibility index (Phi) is 18.8. The molecular weight excluding hydrogens is 350 g/mol. The average Bonchev–Trinajstić information content (AvgIpc) is 2.63. The third kappa shape index (κ3) is 18.5. The first-order valence-electron chi connectivity index (χ1n) is 11.8. The molecule has 0 spiro atoms. The van der Waals surface area contributed by atoms with E-state index in [1.807, 2.05) is 0 Å². The second kappa shape index (κ2) is 19.4. The third-order valence-corrected chi connectivity index (χ3v) is 4.97. The largest absolute Gasteiger partial charge is 0.392 e. The zero-order valence-electron chi connectivity index (χ0n) is 18.9. The van der Waals surface area contributed by atoms with Crippen molar-refractivity contribution in [1.29, 1.82) is 0 Å². The van der Waals surface area contributed by atoms with Gasteiger partial charge in [0.05, 0.1) is 12.2 Å². The second-order valence-corrected chi connectivity index (χ2v) is 8.33. The van der Waals surface area contributed by atoms with Crippen LogP contribution in [0.3, 0.4) is 0 Å². The molecule has 4 heteroatoms. The summed E-state index contributed by atoms with van der Waals surface area (Å²) in [5.74, 6) is 0.0411. The number of hydrogen-bond donors (Lipinski definition) is 2. The summed E-state index contributed by atoms with van der Waals surface area (Å²) in [7, 11) is 0. The summed E-state index contributed by atoms with van der Waals surface area (Å²) in [6.07, 6.45) is 20.2. The number of nitrogens with zero attached hydrogens (tertiary/aromatic N) is 1. The molecule has 2 N–H and O–H groups in total. The van der Waals surface area contributed by atoms with E-state index in [0.717, 1.165) is 12.8 Å². The fourth-order valence-electron chi connectivity index (χ4n) is 3.42. The summed E-state index contributed by atoms with van der Waals surface area (Å²) in [6.45, 7) is 6.20. The van der Waals surface area contributed by atoms with Crippen LogP contribution in [0.2, 0.25) is 0 Å². The van der Waals surface area contributed by atoms with Gasteiger partial charge in [0.15, 0.2) is 0 Å². The summed E-state index contributed by atoms with van der Waals surface area (Å²) in [6, 6.07) is 0. The van der Waals surface area contributed by atoms with Crippen molar-refractivity contribution in [1.82, 2.24) is 4.90 Å². The van der Waals surface area contributed by atoms with Gasteiger partial charge < -0.3 is 15.1 Å². The number of hydrogen-bond acceptors (Lipinski definition) is 3. The molecule has 166 valence electrons. The minimum absolute atomic E-state index is 0.0411. The summed E-state index contributed by atoms with van der Waals surface area (Å²) in [4.78, 5) is 13.8. The molecule has 0 fully saturated rings. The number of unbranched alkanes of at least 4 members (excludes halogenated alkanes) is 11. The van der Waals surface area contributed by atoms with E-state index in [9.17, 15) is 15.0 Å². The monoisotopic (exact) mass is 397 g/mol. The minimum atomic E-state index is -0.559. The number of carbonyl (C=O) groups is 1. The smallest absolute Gasteiger partial charge is 0.222 e. The van der Waals surface area contributed by atoms with Gasteiger partial charge in [-0.05, 0) is 46.0 Å². The van der Waals surface area contributed by atoms with Gasteiger partial charge in [-0.15, -0.1) is 0 Å². The molecule has 2 unspecified atom stereocenters. The molecule has 0 saturated carbocycles. The fraction of sp³-hybridized carbons (Fsp3) is 0.875. The van der Waals surface area contributed by atoms with Crippen molar-refractivity contribution < 1.29 is 15.0 Å². The summed E-state index contributed by atoms with van der Waals surface area (Å²) in [5.41, 5.74) is 0. The van der Waals surface area contributed by atoms with Gasteiger partial charge in [0.25, 0.3) is 0 Å². The van der Waals surface area contributed by atoms with Crippen LogP contribution in [0.1, 0.15) is 111 Å². The third-order valence-electron chi connectivity index (χ3n) is 4.97. The lowest BCUT2D eigenvalue weighted by Gasteiger charge is -2.25. The van der Waals surface area contributed by atoms with Gasteiger partial charge in [0, 0.05) is 19.5 Å². The summed E-state index contributed by atoms with van der Waals surface area (Å²) < 4.78 is 0. The van der Waals surface area contributed by atoms with E-state index in [0.29, 0.717) is 19.5 Å². The van der Waals surface area contributed by atoms with E-state index < -0.39 is 12.2 Å². The zero-order valence-corrected chi connectivity index (χ0v) is 18.9. The topological polar surface area (TPSA) is 60.8 Å². The maximum atomic E-state index is 12.2. The summed E-state index contributed by atoms with van der Waals surface area (Å²) in [5, 5.41) is 19.0. The highest BCUT2D eigenvalue weighted by Crippen LogP contribution is 2.11. The number of rotatable bonds is 19. The van der Waals surface area contributed by atoms with Crippen molar-refractivity contribution in [2.75, 3.05) is 13.1 Å². The Hall–Kier alpha value is -0.870. The first kappa shape index (κ1) is 27.1. The SMILES string of the molecule is CCCCCCCCC=CCCCCCCCC(=O)N(CC(C)O)CC(C)O. The lowest BCUT2D eigenvalue weighted by Crippen LogP contribution is -2.40. The maximum Gasteiger partial charge on any atom is 0.222 e. The highest BCUT2D eigenvalue weighted by atomic mass is 16.3. The van der Waals surface area contributed by atoms with Crippen molar-refractivity contribution in [3.05, 3.63) is 12.2 Å². The summed E-state index contributed by atoms with van der Waals surface area (Å²) >= 11 is 0. The second-order valence-electron chi connectivity index (χ2n) is 8.33. The van der Waals surface area contributed by atoms with E-state index in [4.69, 9.17) is 0 Å². The quantitative estimate of drug-likeness (QED) is 0.220. The predicted octanol–water partition coefficient (Wildman–Crippen LogP) is 5.61. The van der Waals surface area contributed by atoms with Crippen molar-refractivity contribution >= 4 is 5.91 Å². The molecule has 0 radical (unpaired) electrons. The van der Waals surface area contributed by atoms with Crippen molar-refractivity contribution in [3.8, 4) is 0 Å². The zero-order chi connectivity index (χ0) is 21.0. The molecule has 28 heavy (non-hydrogen) atoms. The van der Waals surface area contributed by atoms with Crippen molar-refractivity contribution in [2.24, 2.45) is 0 Å². The maximum absolute atomic E-state index is 12.2. The first-order chi connectivity index (χ1) is 13.5. The van der Waals surface area contributed by atoms with Gasteiger partial charge in [-0.25, -0.2) is 0 Å². The van der Waals surface area contributed by atoms with Crippen LogP contribution < -0.4 is 0 Å². The van der Waals surface area contributed by atoms with Crippen LogP contribution in [-0.4, -0.2) is 46.3 Å². The van der Waals surface area contributed by atoms with Gasteiger partial charge in [-0.2, -0.15) is 0 Å². The number of allylic oxidation sites excluding steroid dienone is 2. The normalized spacial score (nSPS) is 13.8. The number of carbonyl (C=O) groups excluding carboxylic acids is 1. The molecule has 0 rings (SSSR count). The van der Waals surface area contributed by atoms with E-state index in [1.165, 1.54) is 70.6 Å². The highest BCUT2D eigenvalue weighted by Gasteiger charge is 2.16. The van der Waals surface area contributed by atoms with Gasteiger partial charge >= 0.3 is 0 Å². The Morgan fingerprint density at radius 1 is 0.750 bits per heavy atom. The first-order valence-corrected chi connectivity index (χ1v) is 11.8. The minimum Gasteiger partial charge on any atom is -0.392 e. The molecule has 2 atom stereocenters. The molecule has 0 bridgehead atoms. The van der Waals surface area contributed by atoms with Crippen molar-refractivity contribution in [3.63, 3.8) is 0 Å². The molecule has 0 saturated heterocycles. The van der Waals surface area contributed by atoms with Crippen LogP contribution in [0.25, 0.3) is 0 Å². The molecule has 0 aromatic heterocycles. The van der Waals surface area contributed by atoms with E-state index in [-0.39, 0.29) is 5.91 Å². The van der Waals surface area contributed by atoms with E-state index in [2.05, 4.69) is 19.1 Å². The van der Waals surface area contributed by atoms with E-state index in [1.54, 1.807) is 18.7 Å². The molecule has 4 nitrogen and oxygen atoms in total. The average molecular weight is 398 g/mol.